The Labute approximate surface area is 131 Å². The largest absolute Gasteiger partial charge is 0.460 e. The lowest BCUT2D eigenvalue weighted by molar-refractivity contribution is -0.426. The summed E-state index contributed by atoms with van der Waals surface area (Å²) in [5.41, 5.74) is -8.40. The van der Waals surface area contributed by atoms with Crippen molar-refractivity contribution in [1.29, 1.82) is 0 Å². The zero-order chi connectivity index (χ0) is 20.1. The van der Waals surface area contributed by atoms with Crippen LogP contribution in [0.2, 0.25) is 0 Å². The summed E-state index contributed by atoms with van der Waals surface area (Å²) in [4.78, 5) is 0. The van der Waals surface area contributed by atoms with Gasteiger partial charge >= 0.3 is 30.1 Å². The van der Waals surface area contributed by atoms with Gasteiger partial charge in [-0.25, -0.2) is 4.39 Å². The third-order valence-electron chi connectivity index (χ3n) is 3.70. The van der Waals surface area contributed by atoms with Gasteiger partial charge in [0.05, 0.1) is 0 Å². The molecule has 0 heterocycles. The summed E-state index contributed by atoms with van der Waals surface area (Å²) in [7, 11) is 0. The lowest BCUT2D eigenvalue weighted by Crippen LogP contribution is -2.71. The molecule has 0 aliphatic heterocycles. The van der Waals surface area contributed by atoms with E-state index in [4.69, 9.17) is 0 Å². The Hall–Kier alpha value is -1.17. The second kappa shape index (κ2) is 5.93. The standard InChI is InChI=1S/C12H9F13/c13-7(11(20,21)22,6-4-2-1-3-5-6)8(14,15)9(16,17)10(18,19)12(23,24)25/h4H,1-3,5H2. The lowest BCUT2D eigenvalue weighted by Gasteiger charge is -2.43. The molecule has 13 heteroatoms. The molecular weight excluding hydrogens is 391 g/mol. The topological polar surface area (TPSA) is 0 Å². The van der Waals surface area contributed by atoms with E-state index < -0.39 is 54.2 Å². The van der Waals surface area contributed by atoms with Gasteiger partial charge in [0.25, 0.3) is 5.67 Å². The van der Waals surface area contributed by atoms with E-state index in [9.17, 15) is 57.1 Å². The maximum Gasteiger partial charge on any atom is 0.460 e. The molecule has 25 heavy (non-hydrogen) atoms. The Morgan fingerprint density at radius 3 is 1.36 bits per heavy atom. The van der Waals surface area contributed by atoms with E-state index in [-0.39, 0.29) is 18.9 Å². The van der Waals surface area contributed by atoms with Crippen LogP contribution in [0.4, 0.5) is 57.1 Å². The Balaban J connectivity index is 3.65. The molecule has 0 aromatic rings. The molecule has 0 nitrogen and oxygen atoms in total. The second-order valence-corrected chi connectivity index (χ2v) is 5.35. The van der Waals surface area contributed by atoms with Crippen molar-refractivity contribution < 1.29 is 57.1 Å². The third kappa shape index (κ3) is 2.96. The number of hydrogen-bond acceptors (Lipinski definition) is 0. The molecule has 0 N–H and O–H groups in total. The van der Waals surface area contributed by atoms with Crippen LogP contribution in [0.15, 0.2) is 11.6 Å². The minimum absolute atomic E-state index is 0.0676. The van der Waals surface area contributed by atoms with E-state index in [2.05, 4.69) is 0 Å². The number of alkyl halides is 13. The van der Waals surface area contributed by atoms with Gasteiger partial charge in [0, 0.05) is 0 Å². The van der Waals surface area contributed by atoms with Crippen LogP contribution in [-0.4, -0.2) is 35.8 Å². The molecule has 0 fully saturated rings. The van der Waals surface area contributed by atoms with E-state index in [1.165, 1.54) is 0 Å². The molecule has 1 aliphatic carbocycles. The summed E-state index contributed by atoms with van der Waals surface area (Å²) in [6.45, 7) is 0. The number of halogens is 13. The molecule has 1 unspecified atom stereocenters. The van der Waals surface area contributed by atoms with Gasteiger partial charge < -0.3 is 0 Å². The quantitative estimate of drug-likeness (QED) is 0.388. The molecule has 0 aromatic heterocycles. The highest BCUT2D eigenvalue weighted by atomic mass is 19.4. The average Bonchev–Trinajstić information content (AvgIpc) is 2.44. The van der Waals surface area contributed by atoms with Crippen LogP contribution in [0.3, 0.4) is 0 Å². The lowest BCUT2D eigenvalue weighted by atomic mass is 9.78. The van der Waals surface area contributed by atoms with E-state index >= 15 is 0 Å². The zero-order valence-corrected chi connectivity index (χ0v) is 11.8. The van der Waals surface area contributed by atoms with E-state index in [0.29, 0.717) is 0 Å². The summed E-state index contributed by atoms with van der Waals surface area (Å²) in [5.74, 6) is -22.7. The highest BCUT2D eigenvalue weighted by Crippen LogP contribution is 2.62. The maximum atomic E-state index is 14.3. The molecule has 0 spiro atoms. The molecule has 0 saturated carbocycles. The fourth-order valence-electron chi connectivity index (χ4n) is 2.30. The molecule has 1 aliphatic rings. The minimum atomic E-state index is -7.71. The van der Waals surface area contributed by atoms with Gasteiger partial charge in [-0.1, -0.05) is 6.08 Å². The Bertz CT molecular complexity index is 524. The Kier molecular flexibility index (Phi) is 5.19. The van der Waals surface area contributed by atoms with E-state index in [1.807, 2.05) is 0 Å². The number of rotatable bonds is 4. The molecule has 0 radical (unpaired) electrons. The van der Waals surface area contributed by atoms with Crippen LogP contribution < -0.4 is 0 Å². The smallest absolute Gasteiger partial charge is 0.222 e. The molecule has 0 aromatic carbocycles. The molecule has 148 valence electrons. The average molecular weight is 400 g/mol. The fraction of sp³-hybridized carbons (Fsp3) is 0.833. The predicted octanol–water partition coefficient (Wildman–Crippen LogP) is 6.23. The first-order valence-electron chi connectivity index (χ1n) is 6.51. The van der Waals surface area contributed by atoms with Gasteiger partial charge in [-0.15, -0.1) is 0 Å². The van der Waals surface area contributed by atoms with Gasteiger partial charge in [-0.3, -0.25) is 0 Å². The van der Waals surface area contributed by atoms with Crippen LogP contribution in [0.5, 0.6) is 0 Å². The Morgan fingerprint density at radius 2 is 1.04 bits per heavy atom. The normalized spacial score (nSPS) is 20.9. The first-order valence-corrected chi connectivity index (χ1v) is 6.51. The summed E-state index contributed by atoms with van der Waals surface area (Å²) in [6, 6.07) is 0. The van der Waals surface area contributed by atoms with Crippen molar-refractivity contribution in [2.45, 2.75) is 61.5 Å². The number of allylic oxidation sites excluding steroid dienone is 2. The van der Waals surface area contributed by atoms with E-state index in [1.54, 1.807) is 0 Å². The van der Waals surface area contributed by atoms with Crippen molar-refractivity contribution in [3.63, 3.8) is 0 Å². The molecular formula is C12H9F13. The zero-order valence-electron chi connectivity index (χ0n) is 11.8. The first-order chi connectivity index (χ1) is 10.9. The highest BCUT2D eigenvalue weighted by Gasteiger charge is 2.90. The van der Waals surface area contributed by atoms with Crippen molar-refractivity contribution >= 4 is 0 Å². The van der Waals surface area contributed by atoms with Crippen LogP contribution in [0.25, 0.3) is 0 Å². The third-order valence-corrected chi connectivity index (χ3v) is 3.70. The van der Waals surface area contributed by atoms with Gasteiger partial charge in [0.1, 0.15) is 0 Å². The van der Waals surface area contributed by atoms with Gasteiger partial charge in [-0.05, 0) is 31.3 Å². The van der Waals surface area contributed by atoms with Gasteiger partial charge in [0.2, 0.25) is 0 Å². The van der Waals surface area contributed by atoms with Crippen LogP contribution >= 0.6 is 0 Å². The molecule has 0 amide bonds. The first kappa shape index (κ1) is 21.9. The molecule has 0 bridgehead atoms. The summed E-state index contributed by atoms with van der Waals surface area (Å²) >= 11 is 0. The predicted molar refractivity (Wildman–Crippen MR) is 57.3 cm³/mol. The van der Waals surface area contributed by atoms with E-state index in [0.717, 1.165) is 0 Å². The summed E-state index contributed by atoms with van der Waals surface area (Å²) < 4.78 is 168. The van der Waals surface area contributed by atoms with Crippen LogP contribution in [-0.2, 0) is 0 Å². The van der Waals surface area contributed by atoms with Crippen molar-refractivity contribution in [3.05, 3.63) is 11.6 Å². The molecule has 1 rings (SSSR count). The van der Waals surface area contributed by atoms with Gasteiger partial charge in [-0.2, -0.15) is 52.7 Å². The van der Waals surface area contributed by atoms with Gasteiger partial charge in [0.15, 0.2) is 0 Å². The van der Waals surface area contributed by atoms with Crippen molar-refractivity contribution in [1.82, 2.24) is 0 Å². The maximum absolute atomic E-state index is 14.3. The SMILES string of the molecule is FC(F)(F)C(F)(F)C(F)(F)C(F)(F)C(F)(C1=CCCCC1)C(F)(F)F. The molecule has 0 saturated heterocycles. The summed E-state index contributed by atoms with van der Waals surface area (Å²) in [5, 5.41) is 0. The van der Waals surface area contributed by atoms with Crippen LogP contribution in [0, 0.1) is 0 Å². The van der Waals surface area contributed by atoms with Crippen molar-refractivity contribution in [2.24, 2.45) is 0 Å². The minimum Gasteiger partial charge on any atom is -0.222 e. The summed E-state index contributed by atoms with van der Waals surface area (Å²) in [6.07, 6.45) is -16.0. The molecule has 1 atom stereocenters. The monoisotopic (exact) mass is 400 g/mol. The highest BCUT2D eigenvalue weighted by molar-refractivity contribution is 5.30. The van der Waals surface area contributed by atoms with Crippen LogP contribution in [0.1, 0.15) is 25.7 Å². The Morgan fingerprint density at radius 1 is 0.560 bits per heavy atom. The van der Waals surface area contributed by atoms with Crippen molar-refractivity contribution in [2.75, 3.05) is 0 Å². The second-order valence-electron chi connectivity index (χ2n) is 5.35. The fourth-order valence-corrected chi connectivity index (χ4v) is 2.30. The number of hydrogen-bond donors (Lipinski definition) is 0. The van der Waals surface area contributed by atoms with Crippen molar-refractivity contribution in [3.8, 4) is 0 Å².